The molecule has 2 N–H and O–H groups in total. The second-order valence-corrected chi connectivity index (χ2v) is 4.25. The van der Waals surface area contributed by atoms with E-state index < -0.39 is 12.3 Å². The summed E-state index contributed by atoms with van der Waals surface area (Å²) in [6.07, 6.45) is -5.38. The lowest BCUT2D eigenvalue weighted by Crippen LogP contribution is -2.48. The lowest BCUT2D eigenvalue weighted by atomic mass is 10.1. The van der Waals surface area contributed by atoms with Crippen molar-refractivity contribution in [2.75, 3.05) is 0 Å². The van der Waals surface area contributed by atoms with Gasteiger partial charge in [-0.25, -0.2) is 0 Å². The van der Waals surface area contributed by atoms with E-state index in [1.165, 1.54) is 0 Å². The Kier molecular flexibility index (Phi) is 3.05. The number of hydrogen-bond acceptors (Lipinski definition) is 2. The van der Waals surface area contributed by atoms with Gasteiger partial charge in [0.2, 0.25) is 0 Å². The third-order valence-corrected chi connectivity index (χ3v) is 3.24. The van der Waals surface area contributed by atoms with Crippen LogP contribution in [-0.4, -0.2) is 39.6 Å². The van der Waals surface area contributed by atoms with Crippen LogP contribution in [0.5, 0.6) is 0 Å². The van der Waals surface area contributed by atoms with Gasteiger partial charge in [-0.05, 0) is 12.8 Å². The smallest absolute Gasteiger partial charge is 0.380 e. The second-order valence-electron chi connectivity index (χ2n) is 3.11. The van der Waals surface area contributed by atoms with Gasteiger partial charge in [0.05, 0.1) is 0 Å². The van der Waals surface area contributed by atoms with E-state index in [1.54, 1.807) is 0 Å². The molecule has 1 rings (SSSR count). The summed E-state index contributed by atoms with van der Waals surface area (Å²) < 4.78 is 41.0. The van der Waals surface area contributed by atoms with Crippen LogP contribution in [0, 0.1) is 0 Å². The Morgan fingerprint density at radius 3 is 2.33 bits per heavy atom. The molecule has 1 heterocycles. The van der Waals surface area contributed by atoms with E-state index in [2.05, 4.69) is 0 Å². The van der Waals surface area contributed by atoms with Crippen molar-refractivity contribution in [1.29, 1.82) is 0 Å². The predicted molar refractivity (Wildman–Crippen MR) is 40.5 cm³/mol. The number of hydrogen-bond donors (Lipinski definition) is 1. The first-order chi connectivity index (χ1) is 5.41. The Morgan fingerprint density at radius 2 is 1.92 bits per heavy atom. The SMILES string of the molecule is N[C@@H]1CC[C@H](C(F)(F)F)O[C@H]1[AlH2]. The third-order valence-electron chi connectivity index (χ3n) is 2.11. The minimum Gasteiger partial charge on any atom is -0.380 e. The summed E-state index contributed by atoms with van der Waals surface area (Å²) in [4.78, 5) is -0.356. The molecule has 0 aromatic carbocycles. The Labute approximate surface area is 76.7 Å². The van der Waals surface area contributed by atoms with E-state index in [9.17, 15) is 13.2 Å². The predicted octanol–water partition coefficient (Wildman–Crippen LogP) is 0.0142. The van der Waals surface area contributed by atoms with Crippen LogP contribution < -0.4 is 5.73 Å². The normalized spacial score (nSPS) is 38.2. The largest absolute Gasteiger partial charge is 0.414 e. The van der Waals surface area contributed by atoms with Crippen LogP contribution in [-0.2, 0) is 4.74 Å². The first-order valence-electron chi connectivity index (χ1n) is 3.89. The van der Waals surface area contributed by atoms with E-state index in [0.29, 0.717) is 22.7 Å². The quantitative estimate of drug-likeness (QED) is 0.555. The minimum absolute atomic E-state index is 0.00338. The summed E-state index contributed by atoms with van der Waals surface area (Å²) in [6, 6.07) is -0.199. The van der Waals surface area contributed by atoms with Crippen molar-refractivity contribution in [2.24, 2.45) is 5.73 Å². The molecule has 0 spiro atoms. The fourth-order valence-electron chi connectivity index (χ4n) is 1.25. The topological polar surface area (TPSA) is 35.2 Å². The molecule has 0 saturated carbocycles. The molecule has 70 valence electrons. The first kappa shape index (κ1) is 10.3. The highest BCUT2D eigenvalue weighted by Gasteiger charge is 2.44. The zero-order valence-electron chi connectivity index (χ0n) is 6.77. The summed E-state index contributed by atoms with van der Waals surface area (Å²) in [5, 5.41) is 0. The van der Waals surface area contributed by atoms with Crippen molar-refractivity contribution in [2.45, 2.75) is 36.1 Å². The van der Waals surface area contributed by atoms with Crippen LogP contribution in [0.2, 0.25) is 0 Å². The van der Waals surface area contributed by atoms with Crippen LogP contribution in [0.25, 0.3) is 0 Å². The van der Waals surface area contributed by atoms with Gasteiger partial charge in [0, 0.05) is 11.0 Å². The highest BCUT2D eigenvalue weighted by atomic mass is 27.0. The molecule has 0 bridgehead atoms. The summed E-state index contributed by atoms with van der Waals surface area (Å²) in [5.41, 5.74) is 5.53. The van der Waals surface area contributed by atoms with Gasteiger partial charge < -0.3 is 10.5 Å². The monoisotopic (exact) mass is 197 g/mol. The van der Waals surface area contributed by atoms with Crippen LogP contribution in [0.4, 0.5) is 13.2 Å². The fraction of sp³-hybridized carbons (Fsp3) is 1.00. The van der Waals surface area contributed by atoms with Crippen LogP contribution >= 0.6 is 0 Å². The molecule has 0 amide bonds. The van der Waals surface area contributed by atoms with Gasteiger partial charge in [0.25, 0.3) is 16.3 Å². The highest BCUT2D eigenvalue weighted by molar-refractivity contribution is 6.11. The van der Waals surface area contributed by atoms with Crippen molar-refractivity contribution in [3.05, 3.63) is 0 Å². The first-order valence-corrected chi connectivity index (χ1v) is 5.04. The molecule has 0 aromatic heterocycles. The molecule has 3 atom stereocenters. The van der Waals surface area contributed by atoms with Crippen LogP contribution in [0.3, 0.4) is 0 Å². The van der Waals surface area contributed by atoms with Crippen molar-refractivity contribution in [3.63, 3.8) is 0 Å². The van der Waals surface area contributed by atoms with Gasteiger partial charge >= 0.3 is 6.18 Å². The lowest BCUT2D eigenvalue weighted by Gasteiger charge is -2.34. The van der Waals surface area contributed by atoms with Crippen LogP contribution in [0.15, 0.2) is 0 Å². The standard InChI is InChI=1S/C6H9F3NO.Al.2H/c7-6(8,9)5-2-1-4(10)3-11-5;;;/h3-5H,1-2,10H2;;;/t4-,5-;;;/m1.../s1. The van der Waals surface area contributed by atoms with Gasteiger partial charge in [-0.15, -0.1) is 0 Å². The summed E-state index contributed by atoms with van der Waals surface area (Å²) in [6.45, 7) is 0. The molecular weight excluding hydrogens is 186 g/mol. The van der Waals surface area contributed by atoms with Crippen LogP contribution in [0.1, 0.15) is 12.8 Å². The summed E-state index contributed by atoms with van der Waals surface area (Å²) in [7, 11) is 0. The number of halogens is 3. The minimum atomic E-state index is -4.22. The lowest BCUT2D eigenvalue weighted by molar-refractivity contribution is -0.237. The Balaban J connectivity index is 2.51. The highest BCUT2D eigenvalue weighted by Crippen LogP contribution is 2.30. The van der Waals surface area contributed by atoms with Gasteiger partial charge in [0.15, 0.2) is 6.10 Å². The Bertz CT molecular complexity index is 163. The molecule has 1 aliphatic rings. The van der Waals surface area contributed by atoms with Crippen molar-refractivity contribution in [1.82, 2.24) is 0 Å². The maximum atomic E-state index is 12.1. The fourth-order valence-corrected chi connectivity index (χ4v) is 1.91. The molecule has 0 radical (unpaired) electrons. The summed E-state index contributed by atoms with van der Waals surface area (Å²) in [5.74, 6) is 0. The Morgan fingerprint density at radius 1 is 1.33 bits per heavy atom. The van der Waals surface area contributed by atoms with E-state index in [1.807, 2.05) is 0 Å². The molecule has 0 aliphatic carbocycles. The van der Waals surface area contributed by atoms with Gasteiger partial charge in [-0.3, -0.25) is 0 Å². The Hall–Kier alpha value is 0.242. The average Bonchev–Trinajstić information content (AvgIpc) is 1.92. The van der Waals surface area contributed by atoms with E-state index in [-0.39, 0.29) is 17.4 Å². The molecule has 0 aromatic rings. The maximum Gasteiger partial charge on any atom is 0.414 e. The van der Waals surface area contributed by atoms with Gasteiger partial charge in [-0.2, -0.15) is 13.2 Å². The molecule has 0 unspecified atom stereocenters. The van der Waals surface area contributed by atoms with Crippen molar-refractivity contribution in [3.8, 4) is 0 Å². The molecule has 1 fully saturated rings. The maximum absolute atomic E-state index is 12.1. The number of nitrogens with two attached hydrogens (primary N) is 1. The molecular formula is C6H11AlF3NO. The molecule has 1 aliphatic heterocycles. The molecule has 12 heavy (non-hydrogen) atoms. The van der Waals surface area contributed by atoms with Crippen molar-refractivity contribution < 1.29 is 17.9 Å². The molecule has 1 saturated heterocycles. The van der Waals surface area contributed by atoms with Gasteiger partial charge in [0.1, 0.15) is 0 Å². The van der Waals surface area contributed by atoms with Crippen molar-refractivity contribution >= 4 is 16.3 Å². The summed E-state index contributed by atoms with van der Waals surface area (Å²) >= 11 is 0.559. The number of rotatable bonds is 0. The number of ether oxygens (including phenoxy) is 1. The zero-order chi connectivity index (χ0) is 9.35. The molecule has 6 heteroatoms. The van der Waals surface area contributed by atoms with Gasteiger partial charge in [-0.1, -0.05) is 0 Å². The zero-order valence-corrected chi connectivity index (χ0v) is 8.77. The van der Waals surface area contributed by atoms with E-state index in [0.717, 1.165) is 0 Å². The third kappa shape index (κ3) is 2.36. The average molecular weight is 197 g/mol. The van der Waals surface area contributed by atoms with E-state index in [4.69, 9.17) is 10.5 Å². The number of alkyl halides is 3. The molecule has 2 nitrogen and oxygen atoms in total. The van der Waals surface area contributed by atoms with E-state index >= 15 is 0 Å². The second kappa shape index (κ2) is 3.54.